The maximum Gasteiger partial charge on any atom is 0.306 e. The molecule has 2 unspecified atom stereocenters. The van der Waals surface area contributed by atoms with E-state index >= 15 is 0 Å². The van der Waals surface area contributed by atoms with Crippen molar-refractivity contribution in [1.82, 2.24) is 5.32 Å². The Labute approximate surface area is 131 Å². The van der Waals surface area contributed by atoms with Crippen LogP contribution >= 0.6 is 0 Å². The number of amides is 1. The number of rotatable bonds is 8. The predicted molar refractivity (Wildman–Crippen MR) is 84.8 cm³/mol. The summed E-state index contributed by atoms with van der Waals surface area (Å²) in [5.74, 6) is -0.615. The molecule has 0 aliphatic carbocycles. The van der Waals surface area contributed by atoms with Crippen LogP contribution in [0.2, 0.25) is 0 Å². The number of benzene rings is 1. The molecule has 0 fully saturated rings. The van der Waals surface area contributed by atoms with Crippen LogP contribution in [-0.2, 0) is 15.1 Å². The van der Waals surface area contributed by atoms with Crippen molar-refractivity contribution < 1.29 is 19.4 Å². The van der Waals surface area contributed by atoms with Gasteiger partial charge in [0.25, 0.3) is 0 Å². The molecule has 5 nitrogen and oxygen atoms in total. The van der Waals surface area contributed by atoms with Gasteiger partial charge >= 0.3 is 5.97 Å². The van der Waals surface area contributed by atoms with Crippen molar-refractivity contribution in [2.45, 2.75) is 45.6 Å². The fourth-order valence-corrected chi connectivity index (χ4v) is 2.45. The minimum Gasteiger partial charge on any atom is -0.497 e. The summed E-state index contributed by atoms with van der Waals surface area (Å²) in [6, 6.07) is 7.13. The van der Waals surface area contributed by atoms with Gasteiger partial charge in [0.1, 0.15) is 5.75 Å². The third-order valence-electron chi connectivity index (χ3n) is 3.78. The first-order valence-electron chi connectivity index (χ1n) is 7.50. The lowest BCUT2D eigenvalue weighted by Crippen LogP contribution is -2.47. The molecule has 1 aromatic rings. The number of nitrogens with one attached hydrogen (secondary N) is 1. The lowest BCUT2D eigenvalue weighted by molar-refractivity contribution is -0.139. The van der Waals surface area contributed by atoms with E-state index in [9.17, 15) is 14.7 Å². The van der Waals surface area contributed by atoms with Crippen LogP contribution in [0.3, 0.4) is 0 Å². The number of hydrogen-bond donors (Lipinski definition) is 2. The van der Waals surface area contributed by atoms with Gasteiger partial charge in [0.05, 0.1) is 19.1 Å². The highest BCUT2D eigenvalue weighted by atomic mass is 16.5. The molecule has 0 aliphatic heterocycles. The molecule has 1 aromatic carbocycles. The predicted octanol–water partition coefficient (Wildman–Crippen LogP) is 2.94. The van der Waals surface area contributed by atoms with Gasteiger partial charge < -0.3 is 15.2 Å². The fraction of sp³-hybridized carbons (Fsp3) is 0.529. The molecule has 122 valence electrons. The van der Waals surface area contributed by atoms with Crippen molar-refractivity contribution in [3.05, 3.63) is 29.8 Å². The number of carboxylic acid groups (broad SMARTS) is 1. The van der Waals surface area contributed by atoms with Crippen molar-refractivity contribution in [2.75, 3.05) is 7.11 Å². The van der Waals surface area contributed by atoms with Crippen LogP contribution in [0, 0.1) is 5.92 Å². The van der Waals surface area contributed by atoms with E-state index < -0.39 is 11.5 Å². The van der Waals surface area contributed by atoms with E-state index in [1.54, 1.807) is 38.3 Å². The monoisotopic (exact) mass is 307 g/mol. The summed E-state index contributed by atoms with van der Waals surface area (Å²) in [5, 5.41) is 12.1. The van der Waals surface area contributed by atoms with Gasteiger partial charge in [0, 0.05) is 5.92 Å². The normalized spacial score (nSPS) is 14.7. The summed E-state index contributed by atoms with van der Waals surface area (Å²) >= 11 is 0. The smallest absolute Gasteiger partial charge is 0.306 e. The van der Waals surface area contributed by atoms with Crippen molar-refractivity contribution in [3.63, 3.8) is 0 Å². The highest BCUT2D eigenvalue weighted by Crippen LogP contribution is 2.28. The van der Waals surface area contributed by atoms with Gasteiger partial charge in [0.15, 0.2) is 0 Å². The van der Waals surface area contributed by atoms with Crippen LogP contribution in [0.4, 0.5) is 0 Å². The largest absolute Gasteiger partial charge is 0.497 e. The Hall–Kier alpha value is -2.04. The zero-order chi connectivity index (χ0) is 16.8. The van der Waals surface area contributed by atoms with E-state index in [0.29, 0.717) is 11.3 Å². The molecule has 5 heteroatoms. The number of carbonyl (C=O) groups excluding carboxylic acids is 1. The summed E-state index contributed by atoms with van der Waals surface area (Å²) in [6.45, 7) is 5.60. The Morgan fingerprint density at radius 2 is 2.09 bits per heavy atom. The van der Waals surface area contributed by atoms with Gasteiger partial charge in [-0.15, -0.1) is 0 Å². The van der Waals surface area contributed by atoms with Crippen molar-refractivity contribution in [3.8, 4) is 5.75 Å². The maximum atomic E-state index is 12.3. The van der Waals surface area contributed by atoms with E-state index in [-0.39, 0.29) is 18.2 Å². The number of carbonyl (C=O) groups is 2. The Morgan fingerprint density at radius 3 is 2.64 bits per heavy atom. The van der Waals surface area contributed by atoms with E-state index in [4.69, 9.17) is 4.74 Å². The zero-order valence-corrected chi connectivity index (χ0v) is 13.7. The average molecular weight is 307 g/mol. The second-order valence-corrected chi connectivity index (χ2v) is 5.81. The average Bonchev–Trinajstić information content (AvgIpc) is 2.46. The standard InChI is InChI=1S/C17H25NO4/c1-5-7-12(2)16(21)18-17(3,11-15(19)20)13-8-6-9-14(10-13)22-4/h6,8-10,12H,5,7,11H2,1-4H3,(H,18,21)(H,19,20). The summed E-state index contributed by atoms with van der Waals surface area (Å²) in [6.07, 6.45) is 1.49. The molecule has 0 aromatic heterocycles. The topological polar surface area (TPSA) is 75.6 Å². The highest BCUT2D eigenvalue weighted by molar-refractivity contribution is 5.80. The zero-order valence-electron chi connectivity index (χ0n) is 13.7. The van der Waals surface area contributed by atoms with E-state index in [2.05, 4.69) is 5.32 Å². The number of aliphatic carboxylic acids is 1. The molecule has 2 atom stereocenters. The van der Waals surface area contributed by atoms with Crippen molar-refractivity contribution in [1.29, 1.82) is 0 Å². The summed E-state index contributed by atoms with van der Waals surface area (Å²) in [7, 11) is 1.55. The molecule has 0 saturated heterocycles. The number of ether oxygens (including phenoxy) is 1. The third kappa shape index (κ3) is 4.76. The molecule has 0 radical (unpaired) electrons. The minimum absolute atomic E-state index is 0.131. The molecule has 0 spiro atoms. The highest BCUT2D eigenvalue weighted by Gasteiger charge is 2.33. The van der Waals surface area contributed by atoms with Crippen LogP contribution in [0.1, 0.15) is 45.6 Å². The summed E-state index contributed by atoms with van der Waals surface area (Å²) in [4.78, 5) is 23.6. The van der Waals surface area contributed by atoms with E-state index in [1.807, 2.05) is 13.8 Å². The van der Waals surface area contributed by atoms with Crippen LogP contribution < -0.4 is 10.1 Å². The number of carboxylic acids is 1. The van der Waals surface area contributed by atoms with E-state index in [0.717, 1.165) is 12.8 Å². The molecular formula is C17H25NO4. The molecule has 2 N–H and O–H groups in total. The van der Waals surface area contributed by atoms with Crippen molar-refractivity contribution in [2.24, 2.45) is 5.92 Å². The van der Waals surface area contributed by atoms with Crippen LogP contribution in [0.25, 0.3) is 0 Å². The molecule has 22 heavy (non-hydrogen) atoms. The van der Waals surface area contributed by atoms with Crippen LogP contribution in [0.15, 0.2) is 24.3 Å². The van der Waals surface area contributed by atoms with Gasteiger partial charge in [-0.05, 0) is 31.0 Å². The Morgan fingerprint density at radius 1 is 1.41 bits per heavy atom. The number of hydrogen-bond acceptors (Lipinski definition) is 3. The quantitative estimate of drug-likeness (QED) is 0.774. The second kappa shape index (κ2) is 7.82. The first kappa shape index (κ1) is 18.0. The van der Waals surface area contributed by atoms with E-state index in [1.165, 1.54) is 0 Å². The summed E-state index contributed by atoms with van der Waals surface area (Å²) in [5.41, 5.74) is -0.259. The van der Waals surface area contributed by atoms with Gasteiger partial charge in [-0.3, -0.25) is 9.59 Å². The first-order chi connectivity index (χ1) is 10.3. The van der Waals surface area contributed by atoms with Gasteiger partial charge in [-0.2, -0.15) is 0 Å². The fourth-order valence-electron chi connectivity index (χ4n) is 2.45. The lowest BCUT2D eigenvalue weighted by Gasteiger charge is -2.31. The molecule has 0 heterocycles. The molecule has 1 rings (SSSR count). The Bertz CT molecular complexity index is 529. The molecular weight excluding hydrogens is 282 g/mol. The van der Waals surface area contributed by atoms with Gasteiger partial charge in [-0.1, -0.05) is 32.4 Å². The second-order valence-electron chi connectivity index (χ2n) is 5.81. The van der Waals surface area contributed by atoms with Gasteiger partial charge in [-0.25, -0.2) is 0 Å². The number of methoxy groups -OCH3 is 1. The molecule has 0 saturated carbocycles. The Kier molecular flexibility index (Phi) is 6.40. The minimum atomic E-state index is -0.973. The van der Waals surface area contributed by atoms with Crippen LogP contribution in [-0.4, -0.2) is 24.1 Å². The molecule has 1 amide bonds. The summed E-state index contributed by atoms with van der Waals surface area (Å²) < 4.78 is 5.19. The maximum absolute atomic E-state index is 12.3. The molecule has 0 bridgehead atoms. The first-order valence-corrected chi connectivity index (χ1v) is 7.50. The molecule has 0 aliphatic rings. The van der Waals surface area contributed by atoms with Gasteiger partial charge in [0.2, 0.25) is 5.91 Å². The van der Waals surface area contributed by atoms with Crippen LogP contribution in [0.5, 0.6) is 5.75 Å². The Balaban J connectivity index is 3.08. The lowest BCUT2D eigenvalue weighted by atomic mass is 9.87. The SMILES string of the molecule is CCCC(C)C(=O)NC(C)(CC(=O)O)c1cccc(OC)c1. The van der Waals surface area contributed by atoms with Crippen molar-refractivity contribution >= 4 is 11.9 Å². The third-order valence-corrected chi connectivity index (χ3v) is 3.78.